The van der Waals surface area contributed by atoms with Gasteiger partial charge in [0.2, 0.25) is 0 Å². The predicted octanol–water partition coefficient (Wildman–Crippen LogP) is 1.70. The number of methoxy groups -OCH3 is 1. The van der Waals surface area contributed by atoms with Crippen LogP contribution < -0.4 is 0 Å². The first-order valence-corrected chi connectivity index (χ1v) is 3.04. The van der Waals surface area contributed by atoms with Crippen LogP contribution in [-0.4, -0.2) is 12.1 Å². The van der Waals surface area contributed by atoms with Crippen LogP contribution in [0.5, 0.6) is 0 Å². The molecule has 0 aliphatic heterocycles. The Bertz CT molecular complexity index is 206. The SMILES string of the molecule is COC=Cc1ccccn1. The van der Waals surface area contributed by atoms with Crippen molar-refractivity contribution in [1.29, 1.82) is 0 Å². The molecule has 0 spiro atoms. The van der Waals surface area contributed by atoms with E-state index in [2.05, 4.69) is 4.98 Å². The van der Waals surface area contributed by atoms with Gasteiger partial charge in [-0.2, -0.15) is 0 Å². The van der Waals surface area contributed by atoms with Gasteiger partial charge in [0.05, 0.1) is 19.1 Å². The molecule has 0 aliphatic carbocycles. The van der Waals surface area contributed by atoms with Gasteiger partial charge in [-0.1, -0.05) is 6.07 Å². The van der Waals surface area contributed by atoms with Gasteiger partial charge in [-0.15, -0.1) is 0 Å². The molecule has 0 N–H and O–H groups in total. The first kappa shape index (κ1) is 6.81. The second-order valence-electron chi connectivity index (χ2n) is 1.79. The van der Waals surface area contributed by atoms with Crippen molar-refractivity contribution in [2.24, 2.45) is 0 Å². The molecular weight excluding hydrogens is 126 g/mol. The van der Waals surface area contributed by atoms with Crippen LogP contribution in [0.25, 0.3) is 6.08 Å². The molecule has 52 valence electrons. The third kappa shape index (κ3) is 1.90. The Labute approximate surface area is 60.2 Å². The van der Waals surface area contributed by atoms with E-state index in [-0.39, 0.29) is 0 Å². The minimum absolute atomic E-state index is 0.907. The van der Waals surface area contributed by atoms with Gasteiger partial charge >= 0.3 is 0 Å². The highest BCUT2D eigenvalue weighted by atomic mass is 16.5. The molecule has 1 aromatic heterocycles. The van der Waals surface area contributed by atoms with Crippen LogP contribution in [-0.2, 0) is 4.74 Å². The van der Waals surface area contributed by atoms with Crippen LogP contribution in [0.15, 0.2) is 30.7 Å². The maximum atomic E-state index is 4.73. The second kappa shape index (κ2) is 3.67. The van der Waals surface area contributed by atoms with Crippen molar-refractivity contribution in [2.45, 2.75) is 0 Å². The molecule has 0 saturated carbocycles. The molecule has 0 atom stereocenters. The monoisotopic (exact) mass is 135 g/mol. The van der Waals surface area contributed by atoms with Gasteiger partial charge < -0.3 is 4.74 Å². The number of nitrogens with zero attached hydrogens (tertiary/aromatic N) is 1. The van der Waals surface area contributed by atoms with Crippen LogP contribution >= 0.6 is 0 Å². The molecule has 0 unspecified atom stereocenters. The van der Waals surface area contributed by atoms with Crippen molar-refractivity contribution in [1.82, 2.24) is 4.98 Å². The summed E-state index contributed by atoms with van der Waals surface area (Å²) in [5.74, 6) is 0. The fraction of sp³-hybridized carbons (Fsp3) is 0.125. The number of pyridine rings is 1. The van der Waals surface area contributed by atoms with E-state index in [1.54, 1.807) is 25.6 Å². The summed E-state index contributed by atoms with van der Waals surface area (Å²) in [5.41, 5.74) is 0.907. The highest BCUT2D eigenvalue weighted by molar-refractivity contribution is 5.42. The van der Waals surface area contributed by atoms with Gasteiger partial charge in [-0.3, -0.25) is 4.98 Å². The molecule has 2 nitrogen and oxygen atoms in total. The quantitative estimate of drug-likeness (QED) is 0.576. The van der Waals surface area contributed by atoms with Gasteiger partial charge in [0.15, 0.2) is 0 Å². The lowest BCUT2D eigenvalue weighted by molar-refractivity contribution is 0.341. The molecule has 0 bridgehead atoms. The van der Waals surface area contributed by atoms with Crippen LogP contribution in [0.4, 0.5) is 0 Å². The minimum Gasteiger partial charge on any atom is -0.504 e. The average Bonchev–Trinajstić information content (AvgIpc) is 2.03. The van der Waals surface area contributed by atoms with Crippen molar-refractivity contribution in [2.75, 3.05) is 7.11 Å². The normalized spacial score (nSPS) is 10.1. The molecular formula is C8H9NO. The van der Waals surface area contributed by atoms with Crippen molar-refractivity contribution in [3.63, 3.8) is 0 Å². The lowest BCUT2D eigenvalue weighted by atomic mass is 10.3. The number of hydrogen-bond donors (Lipinski definition) is 0. The van der Waals surface area contributed by atoms with Crippen molar-refractivity contribution in [3.05, 3.63) is 36.4 Å². The molecule has 0 amide bonds. The zero-order chi connectivity index (χ0) is 7.23. The Morgan fingerprint density at radius 3 is 3.00 bits per heavy atom. The van der Waals surface area contributed by atoms with Gasteiger partial charge in [0, 0.05) is 6.20 Å². The van der Waals surface area contributed by atoms with Gasteiger partial charge in [0.1, 0.15) is 0 Å². The van der Waals surface area contributed by atoms with Crippen LogP contribution in [0.3, 0.4) is 0 Å². The smallest absolute Gasteiger partial charge is 0.0846 e. The highest BCUT2D eigenvalue weighted by Crippen LogP contribution is 1.94. The summed E-state index contributed by atoms with van der Waals surface area (Å²) >= 11 is 0. The first-order chi connectivity index (χ1) is 4.93. The molecule has 0 aromatic carbocycles. The Balaban J connectivity index is 2.67. The van der Waals surface area contributed by atoms with E-state index in [0.717, 1.165) is 5.69 Å². The predicted molar refractivity (Wildman–Crippen MR) is 40.3 cm³/mol. The number of rotatable bonds is 2. The Hall–Kier alpha value is -1.31. The van der Waals surface area contributed by atoms with Gasteiger partial charge in [-0.05, 0) is 18.2 Å². The maximum absolute atomic E-state index is 4.73. The van der Waals surface area contributed by atoms with Gasteiger partial charge in [-0.25, -0.2) is 0 Å². The molecule has 1 heterocycles. The first-order valence-electron chi connectivity index (χ1n) is 3.04. The fourth-order valence-corrected chi connectivity index (χ4v) is 0.612. The Morgan fingerprint density at radius 2 is 2.40 bits per heavy atom. The summed E-state index contributed by atoms with van der Waals surface area (Å²) in [6.07, 6.45) is 5.15. The topological polar surface area (TPSA) is 22.1 Å². The number of aromatic nitrogens is 1. The summed E-state index contributed by atoms with van der Waals surface area (Å²) in [5, 5.41) is 0. The highest BCUT2D eigenvalue weighted by Gasteiger charge is 1.81. The van der Waals surface area contributed by atoms with Crippen LogP contribution in [0, 0.1) is 0 Å². The van der Waals surface area contributed by atoms with E-state index in [0.29, 0.717) is 0 Å². The molecule has 0 radical (unpaired) electrons. The van der Waals surface area contributed by atoms with Gasteiger partial charge in [0.25, 0.3) is 0 Å². The van der Waals surface area contributed by atoms with E-state index >= 15 is 0 Å². The van der Waals surface area contributed by atoms with E-state index in [9.17, 15) is 0 Å². The zero-order valence-electron chi connectivity index (χ0n) is 5.82. The van der Waals surface area contributed by atoms with E-state index in [1.165, 1.54) is 0 Å². The molecule has 0 fully saturated rings. The summed E-state index contributed by atoms with van der Waals surface area (Å²) in [4.78, 5) is 4.05. The molecule has 2 heteroatoms. The molecule has 10 heavy (non-hydrogen) atoms. The van der Waals surface area contributed by atoms with Crippen LogP contribution in [0.2, 0.25) is 0 Å². The Morgan fingerprint density at radius 1 is 1.50 bits per heavy atom. The third-order valence-corrected chi connectivity index (χ3v) is 1.06. The summed E-state index contributed by atoms with van der Waals surface area (Å²) in [6, 6.07) is 5.72. The van der Waals surface area contributed by atoms with Crippen molar-refractivity contribution < 1.29 is 4.74 Å². The summed E-state index contributed by atoms with van der Waals surface area (Å²) in [6.45, 7) is 0. The van der Waals surface area contributed by atoms with E-state index in [1.807, 2.05) is 18.2 Å². The number of hydrogen-bond acceptors (Lipinski definition) is 2. The fourth-order valence-electron chi connectivity index (χ4n) is 0.612. The summed E-state index contributed by atoms with van der Waals surface area (Å²) in [7, 11) is 1.61. The minimum atomic E-state index is 0.907. The molecule has 0 saturated heterocycles. The molecule has 1 rings (SSSR count). The summed E-state index contributed by atoms with van der Waals surface area (Å²) < 4.78 is 4.73. The lowest BCUT2D eigenvalue weighted by Crippen LogP contribution is -1.76. The second-order valence-corrected chi connectivity index (χ2v) is 1.79. The van der Waals surface area contributed by atoms with Crippen molar-refractivity contribution >= 4 is 6.08 Å². The maximum Gasteiger partial charge on any atom is 0.0846 e. The van der Waals surface area contributed by atoms with E-state index < -0.39 is 0 Å². The van der Waals surface area contributed by atoms with Crippen LogP contribution in [0.1, 0.15) is 5.69 Å². The zero-order valence-corrected chi connectivity index (χ0v) is 5.82. The molecule has 1 aromatic rings. The number of ether oxygens (including phenoxy) is 1. The largest absolute Gasteiger partial charge is 0.504 e. The Kier molecular flexibility index (Phi) is 2.49. The standard InChI is InChI=1S/C8H9NO/c1-10-7-5-8-4-2-3-6-9-8/h2-7H,1H3. The lowest BCUT2D eigenvalue weighted by Gasteiger charge is -1.88. The van der Waals surface area contributed by atoms with Crippen molar-refractivity contribution in [3.8, 4) is 0 Å². The third-order valence-electron chi connectivity index (χ3n) is 1.06. The average molecular weight is 135 g/mol. The molecule has 0 aliphatic rings. The van der Waals surface area contributed by atoms with E-state index in [4.69, 9.17) is 4.74 Å².